The molecule has 108 valence electrons. The number of halogens is 2. The summed E-state index contributed by atoms with van der Waals surface area (Å²) in [4.78, 5) is 0. The summed E-state index contributed by atoms with van der Waals surface area (Å²) in [5.41, 5.74) is 3.21. The Labute approximate surface area is 127 Å². The van der Waals surface area contributed by atoms with Gasteiger partial charge in [-0.25, -0.2) is 4.39 Å². The van der Waals surface area contributed by atoms with E-state index in [1.807, 2.05) is 31.2 Å². The zero-order valence-corrected chi connectivity index (χ0v) is 12.4. The fourth-order valence-corrected chi connectivity index (χ4v) is 2.89. The van der Waals surface area contributed by atoms with Gasteiger partial charge in [0.25, 0.3) is 0 Å². The van der Waals surface area contributed by atoms with Crippen molar-refractivity contribution in [2.24, 2.45) is 0 Å². The topological polar surface area (TPSA) is 25.2 Å². The van der Waals surface area contributed by atoms with Crippen LogP contribution in [0.15, 0.2) is 42.5 Å². The molecular formula is C17H15ClFNO. The van der Waals surface area contributed by atoms with Crippen molar-refractivity contribution in [2.75, 3.05) is 0 Å². The molecule has 0 amide bonds. The molecule has 0 bridgehead atoms. The van der Waals surface area contributed by atoms with E-state index in [4.69, 9.17) is 11.6 Å². The van der Waals surface area contributed by atoms with Gasteiger partial charge in [-0.05, 0) is 18.6 Å². The molecule has 3 aromatic rings. The highest BCUT2D eigenvalue weighted by Gasteiger charge is 2.17. The molecule has 1 aromatic heterocycles. The van der Waals surface area contributed by atoms with Crippen LogP contribution in [0.1, 0.15) is 16.7 Å². The van der Waals surface area contributed by atoms with Crippen LogP contribution in [0, 0.1) is 12.7 Å². The first kappa shape index (κ1) is 14.1. The molecule has 1 heterocycles. The summed E-state index contributed by atoms with van der Waals surface area (Å²) < 4.78 is 15.9. The lowest BCUT2D eigenvalue weighted by Gasteiger charge is -2.08. The number of hydrogen-bond donors (Lipinski definition) is 1. The van der Waals surface area contributed by atoms with Gasteiger partial charge in [-0.15, -0.1) is 0 Å². The Hall–Kier alpha value is -1.84. The normalized spacial score (nSPS) is 11.2. The lowest BCUT2D eigenvalue weighted by atomic mass is 10.1. The molecule has 0 unspecified atom stereocenters. The molecule has 2 aromatic carbocycles. The molecule has 4 heteroatoms. The smallest absolute Gasteiger partial charge is 0.147 e. The van der Waals surface area contributed by atoms with Gasteiger partial charge in [0.1, 0.15) is 11.0 Å². The monoisotopic (exact) mass is 303 g/mol. The molecule has 0 aliphatic rings. The van der Waals surface area contributed by atoms with Crippen LogP contribution in [0.25, 0.3) is 10.9 Å². The van der Waals surface area contributed by atoms with Crippen LogP contribution < -0.4 is 0 Å². The van der Waals surface area contributed by atoms with Crippen molar-refractivity contribution in [3.63, 3.8) is 0 Å². The molecule has 0 saturated heterocycles. The van der Waals surface area contributed by atoms with Crippen LogP contribution in [0.3, 0.4) is 0 Å². The number of aliphatic hydroxyl groups excluding tert-OH is 1. The van der Waals surface area contributed by atoms with Crippen molar-refractivity contribution in [1.29, 1.82) is 0 Å². The predicted octanol–water partition coefficient (Wildman–Crippen LogP) is 4.28. The summed E-state index contributed by atoms with van der Waals surface area (Å²) in [5.74, 6) is -0.332. The number of rotatable bonds is 3. The number of fused-ring (bicyclic) bond motifs is 1. The third-order valence-electron chi connectivity index (χ3n) is 3.69. The van der Waals surface area contributed by atoms with Gasteiger partial charge in [0.15, 0.2) is 0 Å². The summed E-state index contributed by atoms with van der Waals surface area (Å²) in [6.45, 7) is 2.28. The van der Waals surface area contributed by atoms with Gasteiger partial charge in [-0.3, -0.25) is 0 Å². The lowest BCUT2D eigenvalue weighted by Crippen LogP contribution is -2.01. The van der Waals surface area contributed by atoms with E-state index >= 15 is 0 Å². The molecule has 0 aliphatic heterocycles. The van der Waals surface area contributed by atoms with Crippen molar-refractivity contribution in [2.45, 2.75) is 20.1 Å². The highest BCUT2D eigenvalue weighted by molar-refractivity contribution is 6.32. The average molecular weight is 304 g/mol. The first-order valence-corrected chi connectivity index (χ1v) is 7.11. The van der Waals surface area contributed by atoms with E-state index in [1.165, 1.54) is 11.6 Å². The number of nitrogens with zero attached hydrogens (tertiary/aromatic N) is 1. The quantitative estimate of drug-likeness (QED) is 0.767. The Morgan fingerprint density at radius 2 is 1.86 bits per heavy atom. The second kappa shape index (κ2) is 5.51. The molecule has 0 fully saturated rings. The van der Waals surface area contributed by atoms with Crippen molar-refractivity contribution in [3.8, 4) is 0 Å². The van der Waals surface area contributed by atoms with Crippen molar-refractivity contribution < 1.29 is 9.50 Å². The van der Waals surface area contributed by atoms with E-state index in [0.29, 0.717) is 28.2 Å². The zero-order chi connectivity index (χ0) is 15.0. The molecule has 0 spiro atoms. The Bertz CT molecular complexity index is 793. The van der Waals surface area contributed by atoms with Crippen molar-refractivity contribution in [3.05, 3.63) is 70.1 Å². The van der Waals surface area contributed by atoms with Gasteiger partial charge in [-0.2, -0.15) is 0 Å². The minimum Gasteiger partial charge on any atom is -0.392 e. The highest BCUT2D eigenvalue weighted by Crippen LogP contribution is 2.32. The summed E-state index contributed by atoms with van der Waals surface area (Å²) in [5, 5.41) is 10.6. The summed E-state index contributed by atoms with van der Waals surface area (Å²) in [6, 6.07) is 12.8. The second-order valence-corrected chi connectivity index (χ2v) is 5.49. The van der Waals surface area contributed by atoms with E-state index in [9.17, 15) is 9.50 Å². The van der Waals surface area contributed by atoms with Gasteiger partial charge in [0.05, 0.1) is 12.1 Å². The number of aryl methyl sites for hydroxylation is 1. The van der Waals surface area contributed by atoms with Gasteiger partial charge in [0, 0.05) is 17.5 Å². The largest absolute Gasteiger partial charge is 0.392 e. The Kier molecular flexibility index (Phi) is 3.70. The Morgan fingerprint density at radius 3 is 2.52 bits per heavy atom. The van der Waals surface area contributed by atoms with E-state index < -0.39 is 0 Å². The predicted molar refractivity (Wildman–Crippen MR) is 83.1 cm³/mol. The molecule has 0 aliphatic carbocycles. The molecule has 1 N–H and O–H groups in total. The van der Waals surface area contributed by atoms with Crippen LogP contribution in [-0.2, 0) is 13.2 Å². The van der Waals surface area contributed by atoms with E-state index in [1.54, 1.807) is 16.7 Å². The molecule has 0 radical (unpaired) electrons. The van der Waals surface area contributed by atoms with Crippen LogP contribution in [0.5, 0.6) is 0 Å². The average Bonchev–Trinajstić information content (AvgIpc) is 2.75. The van der Waals surface area contributed by atoms with E-state index in [2.05, 4.69) is 0 Å². The minimum atomic E-state index is -0.332. The number of benzene rings is 2. The molecule has 0 atom stereocenters. The van der Waals surface area contributed by atoms with Crippen molar-refractivity contribution >= 4 is 22.5 Å². The Morgan fingerprint density at radius 1 is 1.14 bits per heavy atom. The maximum atomic E-state index is 14.2. The Balaban J connectivity index is 2.17. The number of aliphatic hydroxyl groups is 1. The van der Waals surface area contributed by atoms with E-state index in [0.717, 1.165) is 5.56 Å². The molecule has 3 rings (SSSR count). The standard InChI is InChI=1S/C17H15ClFNO/c1-11-5-7-12(8-6-11)9-20-16-13(3-2-4-15(16)19)14(10-21)17(20)18/h2-8,21H,9-10H2,1H3. The number of para-hydroxylation sites is 1. The van der Waals surface area contributed by atoms with Crippen LogP contribution in [-0.4, -0.2) is 9.67 Å². The molecule has 21 heavy (non-hydrogen) atoms. The van der Waals surface area contributed by atoms with Crippen LogP contribution >= 0.6 is 11.6 Å². The SMILES string of the molecule is Cc1ccc(Cn2c(Cl)c(CO)c3cccc(F)c32)cc1. The third-order valence-corrected chi connectivity index (χ3v) is 4.12. The van der Waals surface area contributed by atoms with Crippen molar-refractivity contribution in [1.82, 2.24) is 4.57 Å². The van der Waals surface area contributed by atoms with Gasteiger partial charge >= 0.3 is 0 Å². The fourth-order valence-electron chi connectivity index (χ4n) is 2.58. The van der Waals surface area contributed by atoms with Crippen LogP contribution in [0.2, 0.25) is 5.15 Å². The van der Waals surface area contributed by atoms with Gasteiger partial charge < -0.3 is 9.67 Å². The third kappa shape index (κ3) is 2.43. The maximum absolute atomic E-state index is 14.2. The van der Waals surface area contributed by atoms with E-state index in [-0.39, 0.29) is 12.4 Å². The second-order valence-electron chi connectivity index (χ2n) is 5.14. The minimum absolute atomic E-state index is 0.209. The fraction of sp³-hybridized carbons (Fsp3) is 0.176. The maximum Gasteiger partial charge on any atom is 0.147 e. The lowest BCUT2D eigenvalue weighted by molar-refractivity contribution is 0.283. The van der Waals surface area contributed by atoms with Crippen LogP contribution in [0.4, 0.5) is 4.39 Å². The first-order valence-electron chi connectivity index (χ1n) is 6.73. The zero-order valence-electron chi connectivity index (χ0n) is 11.6. The first-order chi connectivity index (χ1) is 10.1. The van der Waals surface area contributed by atoms with Gasteiger partial charge in [-0.1, -0.05) is 53.6 Å². The number of aromatic nitrogens is 1. The molecule has 2 nitrogen and oxygen atoms in total. The molecular weight excluding hydrogens is 289 g/mol. The molecule has 0 saturated carbocycles. The summed E-state index contributed by atoms with van der Waals surface area (Å²) in [7, 11) is 0. The summed E-state index contributed by atoms with van der Waals surface area (Å²) >= 11 is 6.34. The summed E-state index contributed by atoms with van der Waals surface area (Å²) in [6.07, 6.45) is 0. The number of hydrogen-bond acceptors (Lipinski definition) is 1. The van der Waals surface area contributed by atoms with Gasteiger partial charge in [0.2, 0.25) is 0 Å². The highest BCUT2D eigenvalue weighted by atomic mass is 35.5.